The first-order valence-electron chi connectivity index (χ1n) is 16.5. The lowest BCUT2D eigenvalue weighted by atomic mass is 10.1. The highest BCUT2D eigenvalue weighted by Crippen LogP contribution is 2.32. The Labute approximate surface area is 281 Å². The Morgan fingerprint density at radius 1 is 0.771 bits per heavy atom. The number of likely N-dealkylation sites (tertiary alicyclic amines) is 2. The molecule has 48 heavy (non-hydrogen) atoms. The van der Waals surface area contributed by atoms with Crippen LogP contribution in [0.25, 0.3) is 21.8 Å². The van der Waals surface area contributed by atoms with Crippen molar-refractivity contribution in [3.8, 4) is 11.5 Å². The average Bonchev–Trinajstić information content (AvgIpc) is 3.05. The fraction of sp³-hybridized carbons (Fsp3) is 0.471. The highest BCUT2D eigenvalue weighted by atomic mass is 16.5. The number of anilines is 2. The minimum Gasteiger partial charge on any atom is -0.494 e. The minimum absolute atomic E-state index is 0.183. The zero-order valence-electron chi connectivity index (χ0n) is 28.4. The normalized spacial score (nSPS) is 16.5. The molecule has 0 saturated carbocycles. The minimum atomic E-state index is 0.183. The Morgan fingerprint density at radius 3 is 1.92 bits per heavy atom. The first kappa shape index (κ1) is 33.1. The van der Waals surface area contributed by atoms with Crippen LogP contribution in [0.5, 0.6) is 11.5 Å². The molecule has 0 unspecified atom stereocenters. The van der Waals surface area contributed by atoms with Gasteiger partial charge < -0.3 is 29.9 Å². The number of nitrogens with zero attached hydrogens (tertiary/aromatic N) is 6. The van der Waals surface area contributed by atoms with Gasteiger partial charge in [-0.3, -0.25) is 21.5 Å². The van der Waals surface area contributed by atoms with Crippen LogP contribution in [-0.4, -0.2) is 101 Å². The van der Waals surface area contributed by atoms with Crippen LogP contribution in [-0.2, 0) is 6.61 Å². The predicted octanol–water partition coefficient (Wildman–Crippen LogP) is 3.84. The van der Waals surface area contributed by atoms with E-state index in [0.29, 0.717) is 28.9 Å². The van der Waals surface area contributed by atoms with Crippen LogP contribution in [0.1, 0.15) is 42.6 Å². The van der Waals surface area contributed by atoms with Crippen molar-refractivity contribution >= 4 is 45.6 Å². The number of aromatic nitrogens is 4. The van der Waals surface area contributed by atoms with Gasteiger partial charge in [0, 0.05) is 28.4 Å². The number of nitrogens with one attached hydrogen (secondary N) is 6. The van der Waals surface area contributed by atoms with E-state index >= 15 is 0 Å². The fourth-order valence-electron chi connectivity index (χ4n) is 6.34. The fourth-order valence-corrected chi connectivity index (χ4v) is 6.34. The molecule has 6 N–H and O–H groups in total. The van der Waals surface area contributed by atoms with Crippen LogP contribution in [0.15, 0.2) is 30.3 Å². The monoisotopic (exact) mass is 654 g/mol. The van der Waals surface area contributed by atoms with Crippen molar-refractivity contribution in [2.24, 2.45) is 0 Å². The van der Waals surface area contributed by atoms with Crippen LogP contribution in [0, 0.1) is 24.7 Å². The van der Waals surface area contributed by atoms with Crippen LogP contribution in [0.3, 0.4) is 0 Å². The SMILES string of the molecule is COc1c(COc2ccc3nc(NC(=N)NC4CCN(C)CC4)nc(C)c3c2)ccc2c(C)nc(NC(=N)NC3CCN(C)CC3)nc12. The summed E-state index contributed by atoms with van der Waals surface area (Å²) in [5.41, 5.74) is 3.81. The van der Waals surface area contributed by atoms with Crippen molar-refractivity contribution < 1.29 is 9.47 Å². The molecular formula is C34H46N12O2. The molecular weight excluding hydrogens is 608 g/mol. The summed E-state index contributed by atoms with van der Waals surface area (Å²) in [5, 5.41) is 31.2. The molecule has 2 aromatic heterocycles. The predicted molar refractivity (Wildman–Crippen MR) is 189 cm³/mol. The van der Waals surface area contributed by atoms with Gasteiger partial charge in [-0.05, 0) is 98.0 Å². The van der Waals surface area contributed by atoms with Crippen molar-refractivity contribution in [1.82, 2.24) is 40.4 Å². The first-order valence-corrected chi connectivity index (χ1v) is 16.5. The maximum atomic E-state index is 8.47. The van der Waals surface area contributed by atoms with E-state index in [2.05, 4.69) is 60.1 Å². The highest BCUT2D eigenvalue weighted by Gasteiger charge is 2.20. The molecule has 6 rings (SSSR count). The third-order valence-electron chi connectivity index (χ3n) is 9.16. The summed E-state index contributed by atoms with van der Waals surface area (Å²) in [7, 11) is 5.86. The number of guanidine groups is 2. The molecule has 2 aromatic carbocycles. The molecule has 14 nitrogen and oxygen atoms in total. The van der Waals surface area contributed by atoms with Crippen molar-refractivity contribution in [3.05, 3.63) is 47.3 Å². The number of fused-ring (bicyclic) bond motifs is 2. The highest BCUT2D eigenvalue weighted by molar-refractivity contribution is 5.93. The van der Waals surface area contributed by atoms with Gasteiger partial charge in [0.25, 0.3) is 0 Å². The van der Waals surface area contributed by atoms with Crippen LogP contribution < -0.4 is 30.7 Å². The van der Waals surface area contributed by atoms with Gasteiger partial charge in [0.2, 0.25) is 11.9 Å². The number of hydrogen-bond acceptors (Lipinski definition) is 10. The molecule has 0 bridgehead atoms. The summed E-state index contributed by atoms with van der Waals surface area (Å²) >= 11 is 0. The van der Waals surface area contributed by atoms with Gasteiger partial charge in [-0.15, -0.1) is 0 Å². The molecule has 4 heterocycles. The van der Waals surface area contributed by atoms with E-state index in [-0.39, 0.29) is 30.6 Å². The number of hydrogen-bond donors (Lipinski definition) is 6. The lowest BCUT2D eigenvalue weighted by Crippen LogP contribution is -2.45. The molecule has 0 amide bonds. The molecule has 2 aliphatic rings. The number of methoxy groups -OCH3 is 1. The zero-order chi connectivity index (χ0) is 33.8. The lowest BCUT2D eigenvalue weighted by Gasteiger charge is -2.30. The number of aryl methyl sites for hydroxylation is 2. The molecule has 0 atom stereocenters. The first-order chi connectivity index (χ1) is 23.1. The molecule has 14 heteroatoms. The second kappa shape index (κ2) is 14.5. The lowest BCUT2D eigenvalue weighted by molar-refractivity contribution is 0.246. The third kappa shape index (κ3) is 7.82. The molecule has 2 aliphatic heterocycles. The molecule has 2 saturated heterocycles. The maximum absolute atomic E-state index is 8.47. The van der Waals surface area contributed by atoms with E-state index in [1.54, 1.807) is 7.11 Å². The van der Waals surface area contributed by atoms with E-state index in [0.717, 1.165) is 85.1 Å². The van der Waals surface area contributed by atoms with Gasteiger partial charge in [0.05, 0.1) is 24.0 Å². The maximum Gasteiger partial charge on any atom is 0.230 e. The van der Waals surface area contributed by atoms with E-state index in [4.69, 9.17) is 25.3 Å². The number of piperidine rings is 2. The van der Waals surface area contributed by atoms with Gasteiger partial charge in [-0.1, -0.05) is 12.1 Å². The summed E-state index contributed by atoms with van der Waals surface area (Å²) in [6, 6.07) is 10.2. The Bertz CT molecular complexity index is 1800. The summed E-state index contributed by atoms with van der Waals surface area (Å²) in [6.45, 7) is 8.15. The summed E-state index contributed by atoms with van der Waals surface area (Å²) < 4.78 is 12.1. The second-order valence-corrected chi connectivity index (χ2v) is 12.8. The van der Waals surface area contributed by atoms with Crippen LogP contribution >= 0.6 is 0 Å². The standard InChI is InChI=1S/C34H46N12O2/c1-20-26-8-6-22(30(47-5)29(26)42-34(37-20)44-32(36)40-24-12-16-46(4)17-13-24)19-48-25-7-9-28-27(18-25)21(2)38-33(41-28)43-31(35)39-23-10-14-45(3)15-11-23/h6-9,18,23-24H,10-17,19H2,1-5H3,(H3,35,38,39,41,43)(H3,36,37,40,42,44). The van der Waals surface area contributed by atoms with E-state index in [9.17, 15) is 0 Å². The van der Waals surface area contributed by atoms with Gasteiger partial charge >= 0.3 is 0 Å². The molecule has 254 valence electrons. The summed E-state index contributed by atoms with van der Waals surface area (Å²) in [4.78, 5) is 23.2. The Morgan fingerprint density at radius 2 is 1.33 bits per heavy atom. The third-order valence-corrected chi connectivity index (χ3v) is 9.16. The summed E-state index contributed by atoms with van der Waals surface area (Å²) in [5.74, 6) is 2.39. The topological polar surface area (TPSA) is 172 Å². The molecule has 2 fully saturated rings. The Kier molecular flexibility index (Phi) is 10.0. The van der Waals surface area contributed by atoms with Crippen LogP contribution in [0.2, 0.25) is 0 Å². The largest absolute Gasteiger partial charge is 0.494 e. The second-order valence-electron chi connectivity index (χ2n) is 12.8. The number of rotatable bonds is 8. The van der Waals surface area contributed by atoms with Gasteiger partial charge in [0.15, 0.2) is 17.7 Å². The van der Waals surface area contributed by atoms with Crippen molar-refractivity contribution in [1.29, 1.82) is 10.8 Å². The molecule has 0 aliphatic carbocycles. The number of ether oxygens (including phenoxy) is 2. The molecule has 4 aromatic rings. The Balaban J connectivity index is 1.13. The van der Waals surface area contributed by atoms with Crippen molar-refractivity contribution in [2.45, 2.75) is 58.2 Å². The van der Waals surface area contributed by atoms with Crippen molar-refractivity contribution in [3.63, 3.8) is 0 Å². The van der Waals surface area contributed by atoms with Crippen LogP contribution in [0.4, 0.5) is 11.9 Å². The van der Waals surface area contributed by atoms with E-state index < -0.39 is 0 Å². The van der Waals surface area contributed by atoms with E-state index in [1.807, 2.05) is 44.2 Å². The summed E-state index contributed by atoms with van der Waals surface area (Å²) in [6.07, 6.45) is 3.97. The Hall–Kier alpha value is -4.82. The quantitative estimate of drug-likeness (QED) is 0.120. The average molecular weight is 655 g/mol. The van der Waals surface area contributed by atoms with Gasteiger partial charge in [-0.25, -0.2) is 19.9 Å². The smallest absolute Gasteiger partial charge is 0.230 e. The van der Waals surface area contributed by atoms with E-state index in [1.165, 1.54) is 0 Å². The molecule has 0 spiro atoms. The van der Waals surface area contributed by atoms with Crippen molar-refractivity contribution in [2.75, 3.05) is 58.0 Å². The zero-order valence-corrected chi connectivity index (χ0v) is 28.4. The molecule has 0 radical (unpaired) electrons. The number of benzene rings is 2. The van der Waals surface area contributed by atoms with Gasteiger partial charge in [0.1, 0.15) is 17.9 Å². The van der Waals surface area contributed by atoms with Gasteiger partial charge in [-0.2, -0.15) is 0 Å².